The molecule has 1 fully saturated rings. The molecule has 0 bridgehead atoms. The lowest BCUT2D eigenvalue weighted by molar-refractivity contribution is -0.192. The summed E-state index contributed by atoms with van der Waals surface area (Å²) >= 11 is 0. The van der Waals surface area contributed by atoms with Gasteiger partial charge in [-0.05, 0) is 55.1 Å². The normalized spacial score (nSPS) is 13.6. The van der Waals surface area contributed by atoms with Crippen LogP contribution in [-0.4, -0.2) is 33.8 Å². The van der Waals surface area contributed by atoms with Crippen LogP contribution in [0.25, 0.3) is 11.0 Å². The molecule has 0 aliphatic heterocycles. The van der Waals surface area contributed by atoms with E-state index in [1.165, 1.54) is 18.4 Å². The van der Waals surface area contributed by atoms with Crippen LogP contribution in [0.2, 0.25) is 0 Å². The van der Waals surface area contributed by atoms with Crippen molar-refractivity contribution < 1.29 is 27.8 Å². The summed E-state index contributed by atoms with van der Waals surface area (Å²) in [4.78, 5) is 16.2. The van der Waals surface area contributed by atoms with Crippen LogP contribution in [0, 0.1) is 5.92 Å². The van der Waals surface area contributed by atoms with Gasteiger partial charge in [-0.1, -0.05) is 12.1 Å². The minimum absolute atomic E-state index is 0.816. The van der Waals surface area contributed by atoms with E-state index in [9.17, 15) is 13.2 Å². The van der Waals surface area contributed by atoms with E-state index in [1.54, 1.807) is 6.33 Å². The summed E-state index contributed by atoms with van der Waals surface area (Å²) in [5.41, 5.74) is 3.22. The van der Waals surface area contributed by atoms with E-state index >= 15 is 0 Å². The number of fused-ring (bicyclic) bond motifs is 1. The molecule has 0 atom stereocenters. The van der Waals surface area contributed by atoms with Crippen molar-refractivity contribution >= 4 is 17.0 Å². The van der Waals surface area contributed by atoms with Crippen molar-refractivity contribution in [2.45, 2.75) is 25.6 Å². The van der Waals surface area contributed by atoms with E-state index in [1.807, 2.05) is 30.3 Å². The Bertz CT molecular complexity index is 951. The number of alkyl halides is 3. The Morgan fingerprint density at radius 3 is 2.45 bits per heavy atom. The molecule has 3 aromatic rings. The smallest absolute Gasteiger partial charge is 0.475 e. The number of rotatable bonds is 6. The van der Waals surface area contributed by atoms with Crippen LogP contribution < -0.4 is 10.1 Å². The standard InChI is InChI=1S/C18H19N3O.C2HF3O2/c1-2-13(1)10-19-11-14-3-5-15(6-4-14)22-16-7-8-17-18(9-16)21-12-20-17;3-2(4,5)1(6)7/h3-9,12-13,19H,1-2,10-11H2,(H,20,21);(H,6,7). The fourth-order valence-corrected chi connectivity index (χ4v) is 2.53. The van der Waals surface area contributed by atoms with Gasteiger partial charge in [-0.15, -0.1) is 0 Å². The molecule has 1 aliphatic carbocycles. The number of hydrogen-bond acceptors (Lipinski definition) is 4. The van der Waals surface area contributed by atoms with Crippen molar-refractivity contribution in [2.75, 3.05) is 6.54 Å². The number of aliphatic carboxylic acids is 1. The van der Waals surface area contributed by atoms with Crippen LogP contribution in [0.1, 0.15) is 18.4 Å². The van der Waals surface area contributed by atoms with Crippen molar-refractivity contribution in [1.29, 1.82) is 0 Å². The Kier molecular flexibility index (Phi) is 6.38. The Balaban J connectivity index is 0.000000298. The number of aromatic nitrogens is 2. The number of benzene rings is 2. The second kappa shape index (κ2) is 8.95. The molecule has 0 radical (unpaired) electrons. The van der Waals surface area contributed by atoms with Crippen LogP contribution >= 0.6 is 0 Å². The van der Waals surface area contributed by atoms with Gasteiger partial charge in [0.2, 0.25) is 0 Å². The lowest BCUT2D eigenvalue weighted by atomic mass is 10.2. The SMILES string of the molecule is O=C(O)C(F)(F)F.c1nc2ccc(Oc3ccc(CNCC4CC4)cc3)cc2[nH]1. The summed E-state index contributed by atoms with van der Waals surface area (Å²) in [6.07, 6.45) is -0.612. The van der Waals surface area contributed by atoms with Gasteiger partial charge >= 0.3 is 12.1 Å². The van der Waals surface area contributed by atoms with Crippen LogP contribution in [0.5, 0.6) is 11.5 Å². The maximum atomic E-state index is 10.6. The maximum Gasteiger partial charge on any atom is 0.490 e. The molecule has 4 rings (SSSR count). The first-order valence-corrected chi connectivity index (χ1v) is 9.02. The summed E-state index contributed by atoms with van der Waals surface area (Å²) in [5.74, 6) is -0.173. The lowest BCUT2D eigenvalue weighted by Gasteiger charge is -2.08. The van der Waals surface area contributed by atoms with Gasteiger partial charge in [-0.2, -0.15) is 13.2 Å². The van der Waals surface area contributed by atoms with Crippen molar-refractivity contribution in [3.05, 3.63) is 54.4 Å². The van der Waals surface area contributed by atoms with E-state index in [2.05, 4.69) is 27.4 Å². The van der Waals surface area contributed by atoms with E-state index in [0.29, 0.717) is 0 Å². The highest BCUT2D eigenvalue weighted by Gasteiger charge is 2.38. The van der Waals surface area contributed by atoms with E-state index < -0.39 is 12.1 Å². The zero-order chi connectivity index (χ0) is 20.9. The molecule has 1 heterocycles. The second-order valence-electron chi connectivity index (χ2n) is 6.70. The molecular weight excluding hydrogens is 387 g/mol. The highest BCUT2D eigenvalue weighted by molar-refractivity contribution is 5.76. The molecule has 0 unspecified atom stereocenters. The molecule has 29 heavy (non-hydrogen) atoms. The molecule has 0 spiro atoms. The molecule has 1 aliphatic rings. The van der Waals surface area contributed by atoms with Crippen molar-refractivity contribution in [3.8, 4) is 11.5 Å². The molecule has 3 N–H and O–H groups in total. The lowest BCUT2D eigenvalue weighted by Crippen LogP contribution is -2.21. The number of ether oxygens (including phenoxy) is 1. The fraction of sp³-hybridized carbons (Fsp3) is 0.300. The number of carboxylic acids is 1. The monoisotopic (exact) mass is 407 g/mol. The molecule has 154 valence electrons. The van der Waals surface area contributed by atoms with Gasteiger partial charge in [0, 0.05) is 12.6 Å². The maximum absolute atomic E-state index is 10.6. The topological polar surface area (TPSA) is 87.2 Å². The van der Waals surface area contributed by atoms with Gasteiger partial charge in [0.15, 0.2) is 0 Å². The number of carbonyl (C=O) groups is 1. The van der Waals surface area contributed by atoms with Crippen molar-refractivity contribution in [1.82, 2.24) is 15.3 Å². The minimum atomic E-state index is -5.08. The molecule has 1 aromatic heterocycles. The second-order valence-corrected chi connectivity index (χ2v) is 6.70. The minimum Gasteiger partial charge on any atom is -0.475 e. The third-order valence-electron chi connectivity index (χ3n) is 4.25. The van der Waals surface area contributed by atoms with Gasteiger partial charge in [-0.3, -0.25) is 0 Å². The van der Waals surface area contributed by atoms with E-state index in [0.717, 1.165) is 41.5 Å². The Labute approximate surface area is 164 Å². The van der Waals surface area contributed by atoms with Gasteiger partial charge in [0.25, 0.3) is 0 Å². The summed E-state index contributed by atoms with van der Waals surface area (Å²) in [6, 6.07) is 14.1. The van der Waals surface area contributed by atoms with Gasteiger partial charge < -0.3 is 20.1 Å². The summed E-state index contributed by atoms with van der Waals surface area (Å²) < 4.78 is 37.6. The summed E-state index contributed by atoms with van der Waals surface area (Å²) in [7, 11) is 0. The predicted molar refractivity (Wildman–Crippen MR) is 101 cm³/mol. The Morgan fingerprint density at radius 1 is 1.17 bits per heavy atom. The fourth-order valence-electron chi connectivity index (χ4n) is 2.53. The average molecular weight is 407 g/mol. The molecule has 0 saturated heterocycles. The third-order valence-corrected chi connectivity index (χ3v) is 4.25. The number of halogens is 3. The number of nitrogens with zero attached hydrogens (tertiary/aromatic N) is 1. The molecule has 6 nitrogen and oxygen atoms in total. The number of H-pyrrole nitrogens is 1. The summed E-state index contributed by atoms with van der Waals surface area (Å²) in [5, 5.41) is 10.6. The highest BCUT2D eigenvalue weighted by Crippen LogP contribution is 2.28. The first-order chi connectivity index (χ1) is 13.8. The van der Waals surface area contributed by atoms with Crippen LogP contribution in [0.3, 0.4) is 0 Å². The predicted octanol–water partition coefficient (Wildman–Crippen LogP) is 4.49. The zero-order valence-electron chi connectivity index (χ0n) is 15.4. The van der Waals surface area contributed by atoms with Crippen LogP contribution in [0.4, 0.5) is 13.2 Å². The molecule has 9 heteroatoms. The Hall–Kier alpha value is -3.07. The Morgan fingerprint density at radius 2 is 1.83 bits per heavy atom. The molecule has 0 amide bonds. The van der Waals surface area contributed by atoms with Gasteiger partial charge in [0.1, 0.15) is 11.5 Å². The third kappa shape index (κ3) is 6.49. The zero-order valence-corrected chi connectivity index (χ0v) is 15.4. The largest absolute Gasteiger partial charge is 0.490 e. The summed E-state index contributed by atoms with van der Waals surface area (Å²) in [6.45, 7) is 2.07. The first-order valence-electron chi connectivity index (χ1n) is 9.02. The molecular formula is C20H20F3N3O3. The van der Waals surface area contributed by atoms with E-state index in [-0.39, 0.29) is 0 Å². The highest BCUT2D eigenvalue weighted by atomic mass is 19.4. The van der Waals surface area contributed by atoms with Crippen molar-refractivity contribution in [3.63, 3.8) is 0 Å². The first kappa shape index (κ1) is 20.7. The van der Waals surface area contributed by atoms with Gasteiger partial charge in [-0.25, -0.2) is 9.78 Å². The average Bonchev–Trinajstić information content (AvgIpc) is 3.38. The van der Waals surface area contributed by atoms with Crippen molar-refractivity contribution in [2.24, 2.45) is 5.92 Å². The number of hydrogen-bond donors (Lipinski definition) is 3. The van der Waals surface area contributed by atoms with Gasteiger partial charge in [0.05, 0.1) is 17.4 Å². The van der Waals surface area contributed by atoms with E-state index in [4.69, 9.17) is 14.6 Å². The molecule has 2 aromatic carbocycles. The number of imidazole rings is 1. The number of carboxylic acid groups (broad SMARTS) is 1. The molecule has 1 saturated carbocycles. The number of nitrogens with one attached hydrogen (secondary N) is 2. The van der Waals surface area contributed by atoms with Crippen LogP contribution in [0.15, 0.2) is 48.8 Å². The van der Waals surface area contributed by atoms with Crippen LogP contribution in [-0.2, 0) is 11.3 Å². The quantitative estimate of drug-likeness (QED) is 0.561. The number of aromatic amines is 1.